The topological polar surface area (TPSA) is 105 Å². The highest BCUT2D eigenvalue weighted by Crippen LogP contribution is 2.36. The molecule has 1 aromatic heterocycles. The molecule has 1 fully saturated rings. The van der Waals surface area contributed by atoms with Gasteiger partial charge in [0, 0.05) is 11.8 Å². The van der Waals surface area contributed by atoms with Gasteiger partial charge in [-0.15, -0.1) is 0 Å². The average molecular weight is 435 g/mol. The van der Waals surface area contributed by atoms with Crippen LogP contribution in [0.5, 0.6) is 5.75 Å². The zero-order valence-corrected chi connectivity index (χ0v) is 18.5. The third-order valence-corrected chi connectivity index (χ3v) is 5.78. The Balaban J connectivity index is 1.38. The van der Waals surface area contributed by atoms with Gasteiger partial charge in [0.15, 0.2) is 0 Å². The molecule has 0 aliphatic carbocycles. The van der Waals surface area contributed by atoms with Crippen LogP contribution in [0.1, 0.15) is 33.3 Å². The van der Waals surface area contributed by atoms with Gasteiger partial charge in [0.2, 0.25) is 0 Å². The van der Waals surface area contributed by atoms with E-state index in [1.807, 2.05) is 64.1 Å². The molecule has 2 heterocycles. The molecular weight excluding hydrogens is 409 g/mol. The van der Waals surface area contributed by atoms with Gasteiger partial charge >= 0.3 is 12.8 Å². The molecule has 8 nitrogen and oxygen atoms in total. The third-order valence-electron chi connectivity index (χ3n) is 5.78. The Labute approximate surface area is 186 Å². The Morgan fingerprint density at radius 2 is 1.62 bits per heavy atom. The standard InChI is InChI=1S/C23H26BN3O5/c1-22(2)23(3,4)32-24(31-22)16-7-5-6-15(12-16)14-30-18-10-8-17(9-11-18)25-19-13-20(28)27-21(29)26-19/h5-13H,14H2,1-4H3,(H3,25,26,27,28,29). The largest absolute Gasteiger partial charge is 0.494 e. The normalized spacial score (nSPS) is 16.7. The van der Waals surface area contributed by atoms with Crippen LogP contribution in [0.25, 0.3) is 0 Å². The van der Waals surface area contributed by atoms with Crippen molar-refractivity contribution in [3.05, 3.63) is 81.0 Å². The van der Waals surface area contributed by atoms with Crippen LogP contribution in [-0.2, 0) is 15.9 Å². The number of aromatic nitrogens is 2. The zero-order chi connectivity index (χ0) is 22.9. The van der Waals surface area contributed by atoms with E-state index in [-0.39, 0.29) is 11.2 Å². The molecule has 1 aliphatic rings. The molecule has 32 heavy (non-hydrogen) atoms. The van der Waals surface area contributed by atoms with E-state index in [9.17, 15) is 9.59 Å². The number of benzene rings is 2. The van der Waals surface area contributed by atoms with E-state index in [1.54, 1.807) is 12.1 Å². The van der Waals surface area contributed by atoms with Gasteiger partial charge in [0.25, 0.3) is 5.56 Å². The minimum Gasteiger partial charge on any atom is -0.489 e. The van der Waals surface area contributed by atoms with Gasteiger partial charge in [-0.05, 0) is 63.0 Å². The molecule has 0 atom stereocenters. The van der Waals surface area contributed by atoms with E-state index in [0.717, 1.165) is 11.0 Å². The summed E-state index contributed by atoms with van der Waals surface area (Å²) in [5, 5.41) is 2.98. The van der Waals surface area contributed by atoms with Crippen LogP contribution in [0.15, 0.2) is 64.2 Å². The van der Waals surface area contributed by atoms with Crippen molar-refractivity contribution in [3.8, 4) is 5.75 Å². The van der Waals surface area contributed by atoms with Crippen LogP contribution in [-0.4, -0.2) is 28.3 Å². The van der Waals surface area contributed by atoms with E-state index in [2.05, 4.69) is 15.3 Å². The minimum atomic E-state index is -0.567. The van der Waals surface area contributed by atoms with Crippen molar-refractivity contribution >= 4 is 24.1 Å². The smallest absolute Gasteiger partial charge is 0.489 e. The average Bonchev–Trinajstić information content (AvgIpc) is 2.94. The number of nitrogens with one attached hydrogen (secondary N) is 3. The first kappa shape index (κ1) is 21.9. The second-order valence-electron chi connectivity index (χ2n) is 8.77. The van der Waals surface area contributed by atoms with Crippen LogP contribution >= 0.6 is 0 Å². The number of anilines is 2. The maximum Gasteiger partial charge on any atom is 0.494 e. The summed E-state index contributed by atoms with van der Waals surface area (Å²) in [6.45, 7) is 8.53. The monoisotopic (exact) mass is 435 g/mol. The van der Waals surface area contributed by atoms with E-state index >= 15 is 0 Å². The lowest BCUT2D eigenvalue weighted by molar-refractivity contribution is 0.00578. The Morgan fingerprint density at radius 3 is 2.28 bits per heavy atom. The number of hydrogen-bond donors (Lipinski definition) is 3. The number of rotatable bonds is 6. The molecule has 4 rings (SSSR count). The van der Waals surface area contributed by atoms with Crippen molar-refractivity contribution < 1.29 is 14.0 Å². The van der Waals surface area contributed by atoms with Gasteiger partial charge < -0.3 is 19.4 Å². The van der Waals surface area contributed by atoms with E-state index < -0.39 is 18.4 Å². The maximum absolute atomic E-state index is 11.4. The van der Waals surface area contributed by atoms with E-state index in [4.69, 9.17) is 14.0 Å². The van der Waals surface area contributed by atoms with Crippen molar-refractivity contribution in [2.75, 3.05) is 5.32 Å². The summed E-state index contributed by atoms with van der Waals surface area (Å²) in [7, 11) is -0.415. The highest BCUT2D eigenvalue weighted by molar-refractivity contribution is 6.62. The van der Waals surface area contributed by atoms with Crippen molar-refractivity contribution in [2.24, 2.45) is 0 Å². The predicted molar refractivity (Wildman–Crippen MR) is 124 cm³/mol. The first-order valence-electron chi connectivity index (χ1n) is 10.4. The summed E-state index contributed by atoms with van der Waals surface area (Å²) < 4.78 is 18.2. The molecule has 0 amide bonds. The summed E-state index contributed by atoms with van der Waals surface area (Å²) in [5.74, 6) is 1.00. The van der Waals surface area contributed by atoms with Crippen LogP contribution in [0, 0.1) is 0 Å². The van der Waals surface area contributed by atoms with Crippen molar-refractivity contribution in [3.63, 3.8) is 0 Å². The summed E-state index contributed by atoms with van der Waals surface area (Å²) in [4.78, 5) is 27.4. The van der Waals surface area contributed by atoms with Crippen LogP contribution in [0.4, 0.5) is 11.5 Å². The van der Waals surface area contributed by atoms with Crippen molar-refractivity contribution in [1.29, 1.82) is 0 Å². The lowest BCUT2D eigenvalue weighted by atomic mass is 9.78. The number of H-pyrrole nitrogens is 2. The summed E-state index contributed by atoms with van der Waals surface area (Å²) in [6.07, 6.45) is 0. The molecule has 0 unspecified atom stereocenters. The zero-order valence-electron chi connectivity index (χ0n) is 18.5. The molecule has 0 bridgehead atoms. The first-order valence-corrected chi connectivity index (χ1v) is 10.4. The highest BCUT2D eigenvalue weighted by atomic mass is 16.7. The highest BCUT2D eigenvalue weighted by Gasteiger charge is 2.51. The molecule has 0 saturated carbocycles. The predicted octanol–water partition coefficient (Wildman–Crippen LogP) is 2.69. The second kappa shape index (κ2) is 8.33. The summed E-state index contributed by atoms with van der Waals surface area (Å²) >= 11 is 0. The SMILES string of the molecule is CC1(C)OB(c2cccc(COc3ccc(Nc4cc(=O)[nH]c(=O)[nH]4)cc3)c2)OC1(C)C. The van der Waals surface area contributed by atoms with Crippen LogP contribution in [0.2, 0.25) is 0 Å². The molecule has 0 spiro atoms. The quantitative estimate of drug-likeness (QED) is 0.515. The van der Waals surface area contributed by atoms with Crippen molar-refractivity contribution in [2.45, 2.75) is 45.5 Å². The Hall–Kier alpha value is -3.30. The number of ether oxygens (including phenoxy) is 1. The lowest BCUT2D eigenvalue weighted by Gasteiger charge is -2.32. The fourth-order valence-electron chi connectivity index (χ4n) is 3.30. The van der Waals surface area contributed by atoms with E-state index in [1.165, 1.54) is 6.07 Å². The van der Waals surface area contributed by atoms with Gasteiger partial charge in [0.1, 0.15) is 18.2 Å². The molecule has 9 heteroatoms. The van der Waals surface area contributed by atoms with Crippen LogP contribution < -0.4 is 26.8 Å². The molecule has 3 aromatic rings. The van der Waals surface area contributed by atoms with Gasteiger partial charge in [-0.25, -0.2) is 4.79 Å². The molecular formula is C23H26BN3O5. The molecule has 166 valence electrons. The minimum absolute atomic E-state index is 0.312. The molecule has 0 radical (unpaired) electrons. The fraction of sp³-hybridized carbons (Fsp3) is 0.304. The Kier molecular flexibility index (Phi) is 5.71. The molecule has 2 aromatic carbocycles. The fourth-order valence-corrected chi connectivity index (χ4v) is 3.30. The van der Waals surface area contributed by atoms with Gasteiger partial charge in [-0.3, -0.25) is 14.8 Å². The van der Waals surface area contributed by atoms with Gasteiger partial charge in [-0.2, -0.15) is 0 Å². The number of hydrogen-bond acceptors (Lipinski definition) is 6. The molecule has 3 N–H and O–H groups in total. The Bertz CT molecular complexity index is 1170. The Morgan fingerprint density at radius 1 is 0.938 bits per heavy atom. The number of aromatic amines is 2. The van der Waals surface area contributed by atoms with Gasteiger partial charge in [-0.1, -0.05) is 24.3 Å². The maximum atomic E-state index is 11.4. The van der Waals surface area contributed by atoms with Gasteiger partial charge in [0.05, 0.1) is 11.2 Å². The lowest BCUT2D eigenvalue weighted by Crippen LogP contribution is -2.41. The molecule has 1 saturated heterocycles. The summed E-state index contributed by atoms with van der Waals surface area (Å²) in [5.41, 5.74) is 0.847. The summed E-state index contributed by atoms with van der Waals surface area (Å²) in [6, 6.07) is 16.5. The van der Waals surface area contributed by atoms with Crippen molar-refractivity contribution in [1.82, 2.24) is 9.97 Å². The van der Waals surface area contributed by atoms with Crippen LogP contribution in [0.3, 0.4) is 0 Å². The second-order valence-corrected chi connectivity index (χ2v) is 8.77. The van der Waals surface area contributed by atoms with E-state index in [0.29, 0.717) is 23.9 Å². The first-order chi connectivity index (χ1) is 15.1. The molecule has 1 aliphatic heterocycles. The third kappa shape index (κ3) is 4.79.